The highest BCUT2D eigenvalue weighted by Gasteiger charge is 2.32. The minimum atomic E-state index is -3.12. The Morgan fingerprint density at radius 1 is 1.26 bits per heavy atom. The Labute approximate surface area is 138 Å². The fourth-order valence-electron chi connectivity index (χ4n) is 2.87. The molecule has 0 bridgehead atoms. The molecule has 2 N–H and O–H groups in total. The highest BCUT2D eigenvalue weighted by molar-refractivity contribution is 7.88. The zero-order chi connectivity index (χ0) is 16.7. The van der Waals surface area contributed by atoms with Crippen LogP contribution >= 0.6 is 0 Å². The molecule has 9 heteroatoms. The predicted octanol–water partition coefficient (Wildman–Crippen LogP) is -0.619. The van der Waals surface area contributed by atoms with Crippen LogP contribution in [0.25, 0.3) is 0 Å². The molecule has 2 fully saturated rings. The van der Waals surface area contributed by atoms with Crippen LogP contribution < -0.4 is 10.0 Å². The van der Waals surface area contributed by atoms with E-state index in [9.17, 15) is 8.42 Å². The Morgan fingerprint density at radius 2 is 2.04 bits per heavy atom. The van der Waals surface area contributed by atoms with E-state index in [0.717, 1.165) is 38.5 Å². The van der Waals surface area contributed by atoms with Gasteiger partial charge in [0.05, 0.1) is 19.0 Å². The quantitative estimate of drug-likeness (QED) is 0.378. The van der Waals surface area contributed by atoms with Crippen molar-refractivity contribution in [2.45, 2.75) is 31.5 Å². The van der Waals surface area contributed by atoms with Gasteiger partial charge in [0.2, 0.25) is 10.0 Å². The summed E-state index contributed by atoms with van der Waals surface area (Å²) in [6.45, 7) is 4.14. The normalized spacial score (nSPS) is 26.5. The van der Waals surface area contributed by atoms with Crippen LogP contribution in [0.1, 0.15) is 19.3 Å². The summed E-state index contributed by atoms with van der Waals surface area (Å²) < 4.78 is 36.1. The summed E-state index contributed by atoms with van der Waals surface area (Å²) >= 11 is 0. The van der Waals surface area contributed by atoms with Gasteiger partial charge in [0.25, 0.3) is 0 Å². The number of hydrogen-bond acceptors (Lipinski definition) is 5. The molecule has 0 aromatic carbocycles. The molecule has 8 nitrogen and oxygen atoms in total. The van der Waals surface area contributed by atoms with E-state index in [-0.39, 0.29) is 12.2 Å². The molecule has 23 heavy (non-hydrogen) atoms. The third-order valence-corrected chi connectivity index (χ3v) is 4.71. The molecule has 0 aromatic rings. The van der Waals surface area contributed by atoms with Crippen molar-refractivity contribution in [1.82, 2.24) is 14.9 Å². The second-order valence-corrected chi connectivity index (χ2v) is 7.73. The number of sulfonamides is 1. The molecule has 0 spiro atoms. The lowest BCUT2D eigenvalue weighted by Crippen LogP contribution is -2.53. The summed E-state index contributed by atoms with van der Waals surface area (Å²) in [5.41, 5.74) is 0. The van der Waals surface area contributed by atoms with Gasteiger partial charge >= 0.3 is 0 Å². The van der Waals surface area contributed by atoms with Crippen molar-refractivity contribution in [2.24, 2.45) is 4.99 Å². The van der Waals surface area contributed by atoms with Crippen LogP contribution in [0.4, 0.5) is 0 Å². The third-order valence-electron chi connectivity index (χ3n) is 3.99. The number of nitrogens with one attached hydrogen (secondary N) is 2. The van der Waals surface area contributed by atoms with Gasteiger partial charge in [-0.2, -0.15) is 0 Å². The monoisotopic (exact) mass is 348 g/mol. The fourth-order valence-corrected chi connectivity index (χ4v) is 3.38. The van der Waals surface area contributed by atoms with Crippen LogP contribution in [-0.2, 0) is 19.5 Å². The Morgan fingerprint density at radius 3 is 2.70 bits per heavy atom. The van der Waals surface area contributed by atoms with Crippen molar-refractivity contribution in [3.05, 3.63) is 0 Å². The van der Waals surface area contributed by atoms with Gasteiger partial charge in [-0.3, -0.25) is 4.99 Å². The molecular formula is C14H28N4O4S. The van der Waals surface area contributed by atoms with E-state index in [1.54, 1.807) is 7.05 Å². The molecule has 0 radical (unpaired) electrons. The first-order valence-electron chi connectivity index (χ1n) is 8.13. The van der Waals surface area contributed by atoms with Crippen molar-refractivity contribution in [3.8, 4) is 0 Å². The molecule has 2 rings (SSSR count). The Bertz CT molecular complexity index is 491. The van der Waals surface area contributed by atoms with Crippen molar-refractivity contribution in [2.75, 3.05) is 52.7 Å². The second-order valence-electron chi connectivity index (χ2n) is 5.90. The standard InChI is InChI=1S/C14H28N4O4S/c1-15-14(16-6-4-7-17-23(2,19)20)18-8-10-22-13(11-18)12-5-3-9-21-12/h12-13,17H,3-11H2,1-2H3,(H,15,16). The lowest BCUT2D eigenvalue weighted by molar-refractivity contribution is -0.0816. The van der Waals surface area contributed by atoms with Crippen molar-refractivity contribution in [3.63, 3.8) is 0 Å². The smallest absolute Gasteiger partial charge is 0.208 e. The summed E-state index contributed by atoms with van der Waals surface area (Å²) in [6.07, 6.45) is 4.31. The van der Waals surface area contributed by atoms with Gasteiger partial charge in [-0.25, -0.2) is 13.1 Å². The Kier molecular flexibility index (Phi) is 7.07. The van der Waals surface area contributed by atoms with Gasteiger partial charge in [0, 0.05) is 39.8 Å². The molecule has 2 saturated heterocycles. The Hall–Kier alpha value is -0.900. The number of guanidine groups is 1. The average molecular weight is 348 g/mol. The topological polar surface area (TPSA) is 92.3 Å². The first kappa shape index (κ1) is 18.4. The molecule has 2 aliphatic heterocycles. The molecule has 0 amide bonds. The number of aliphatic imine (C=N–C) groups is 1. The minimum absolute atomic E-state index is 0.0942. The van der Waals surface area contributed by atoms with Crippen LogP contribution in [0.15, 0.2) is 4.99 Å². The van der Waals surface area contributed by atoms with E-state index < -0.39 is 10.0 Å². The van der Waals surface area contributed by atoms with E-state index >= 15 is 0 Å². The van der Waals surface area contributed by atoms with Crippen molar-refractivity contribution >= 4 is 16.0 Å². The average Bonchev–Trinajstić information content (AvgIpc) is 3.04. The summed E-state index contributed by atoms with van der Waals surface area (Å²) in [6, 6.07) is 0. The SMILES string of the molecule is CN=C(NCCCNS(C)(=O)=O)N1CCOC(C2CCCO2)C1. The van der Waals surface area contributed by atoms with Crippen LogP contribution in [0.2, 0.25) is 0 Å². The number of rotatable bonds is 6. The van der Waals surface area contributed by atoms with E-state index in [1.165, 1.54) is 6.26 Å². The fraction of sp³-hybridized carbons (Fsp3) is 0.929. The molecule has 0 saturated carbocycles. The highest BCUT2D eigenvalue weighted by Crippen LogP contribution is 2.20. The van der Waals surface area contributed by atoms with Gasteiger partial charge in [-0.1, -0.05) is 0 Å². The lowest BCUT2D eigenvalue weighted by Gasteiger charge is -2.37. The summed E-state index contributed by atoms with van der Waals surface area (Å²) in [7, 11) is -1.36. The molecule has 0 aliphatic carbocycles. The molecule has 2 atom stereocenters. The maximum absolute atomic E-state index is 11.0. The van der Waals surface area contributed by atoms with E-state index in [2.05, 4.69) is 19.9 Å². The van der Waals surface area contributed by atoms with Gasteiger partial charge < -0.3 is 19.7 Å². The lowest BCUT2D eigenvalue weighted by atomic mass is 10.1. The molecule has 0 aromatic heterocycles. The van der Waals surface area contributed by atoms with E-state index in [1.807, 2.05) is 0 Å². The maximum Gasteiger partial charge on any atom is 0.208 e. The van der Waals surface area contributed by atoms with Crippen LogP contribution in [0.3, 0.4) is 0 Å². The molecule has 2 aliphatic rings. The van der Waals surface area contributed by atoms with Crippen LogP contribution in [-0.4, -0.2) is 84.2 Å². The van der Waals surface area contributed by atoms with Crippen LogP contribution in [0.5, 0.6) is 0 Å². The van der Waals surface area contributed by atoms with Crippen molar-refractivity contribution < 1.29 is 17.9 Å². The molecule has 134 valence electrons. The summed E-state index contributed by atoms with van der Waals surface area (Å²) in [5.74, 6) is 0.829. The third kappa shape index (κ3) is 6.25. The first-order chi connectivity index (χ1) is 11.0. The predicted molar refractivity (Wildman–Crippen MR) is 89.1 cm³/mol. The molecular weight excluding hydrogens is 320 g/mol. The van der Waals surface area contributed by atoms with Gasteiger partial charge in [0.15, 0.2) is 5.96 Å². The number of hydrogen-bond donors (Lipinski definition) is 2. The van der Waals surface area contributed by atoms with E-state index in [0.29, 0.717) is 26.1 Å². The maximum atomic E-state index is 11.0. The first-order valence-corrected chi connectivity index (χ1v) is 10.0. The second kappa shape index (κ2) is 8.81. The minimum Gasteiger partial charge on any atom is -0.375 e. The summed E-state index contributed by atoms with van der Waals surface area (Å²) in [4.78, 5) is 6.50. The van der Waals surface area contributed by atoms with E-state index in [4.69, 9.17) is 9.47 Å². The number of morpholine rings is 1. The number of nitrogens with zero attached hydrogens (tertiary/aromatic N) is 2. The zero-order valence-electron chi connectivity index (χ0n) is 14.0. The Balaban J connectivity index is 1.74. The largest absolute Gasteiger partial charge is 0.375 e. The molecule has 2 unspecified atom stereocenters. The highest BCUT2D eigenvalue weighted by atomic mass is 32.2. The summed E-state index contributed by atoms with van der Waals surface area (Å²) in [5, 5.41) is 3.28. The van der Waals surface area contributed by atoms with Crippen molar-refractivity contribution in [1.29, 1.82) is 0 Å². The van der Waals surface area contributed by atoms with Gasteiger partial charge in [-0.15, -0.1) is 0 Å². The van der Waals surface area contributed by atoms with Gasteiger partial charge in [-0.05, 0) is 19.3 Å². The zero-order valence-corrected chi connectivity index (χ0v) is 14.8. The van der Waals surface area contributed by atoms with Gasteiger partial charge in [0.1, 0.15) is 6.10 Å². The van der Waals surface area contributed by atoms with Crippen LogP contribution in [0, 0.1) is 0 Å². The number of ether oxygens (including phenoxy) is 2. The molecule has 2 heterocycles.